The third-order valence-corrected chi connectivity index (χ3v) is 5.14. The van der Waals surface area contributed by atoms with Gasteiger partial charge in [-0.3, -0.25) is 19.3 Å². The highest BCUT2D eigenvalue weighted by Gasteiger charge is 2.45. The van der Waals surface area contributed by atoms with Crippen molar-refractivity contribution in [1.82, 2.24) is 9.80 Å². The first-order valence-corrected chi connectivity index (χ1v) is 8.83. The SMILES string of the molecule is CC(C(=O)N(C1CC1)C(C)c1ccco1)N1C(=O)c2ccccc2C1=O. The molecule has 1 aromatic heterocycles. The summed E-state index contributed by atoms with van der Waals surface area (Å²) in [5, 5.41) is 0. The maximum atomic E-state index is 13.2. The lowest BCUT2D eigenvalue weighted by Crippen LogP contribution is -2.50. The van der Waals surface area contributed by atoms with Gasteiger partial charge in [0.25, 0.3) is 11.8 Å². The third kappa shape index (κ3) is 2.53. The Morgan fingerprint density at radius 2 is 1.69 bits per heavy atom. The first-order valence-electron chi connectivity index (χ1n) is 8.83. The Hall–Kier alpha value is -2.89. The fourth-order valence-electron chi connectivity index (χ4n) is 3.59. The summed E-state index contributed by atoms with van der Waals surface area (Å²) in [6, 6.07) is 9.32. The van der Waals surface area contributed by atoms with Crippen molar-refractivity contribution in [2.45, 2.75) is 44.8 Å². The number of hydrogen-bond donors (Lipinski definition) is 0. The van der Waals surface area contributed by atoms with Crippen molar-refractivity contribution in [3.63, 3.8) is 0 Å². The van der Waals surface area contributed by atoms with E-state index in [1.807, 2.05) is 13.0 Å². The molecule has 2 atom stereocenters. The average Bonchev–Trinajstić information content (AvgIpc) is 3.25. The van der Waals surface area contributed by atoms with E-state index in [0.717, 1.165) is 17.7 Å². The van der Waals surface area contributed by atoms with Gasteiger partial charge in [0.1, 0.15) is 11.8 Å². The van der Waals surface area contributed by atoms with Crippen molar-refractivity contribution in [1.29, 1.82) is 0 Å². The highest BCUT2D eigenvalue weighted by molar-refractivity contribution is 6.22. The number of carbonyl (C=O) groups is 3. The quantitative estimate of drug-likeness (QED) is 0.776. The van der Waals surface area contributed by atoms with Crippen LogP contribution in [0.4, 0.5) is 0 Å². The Kier molecular flexibility index (Phi) is 3.90. The van der Waals surface area contributed by atoms with Crippen molar-refractivity contribution in [3.05, 3.63) is 59.5 Å². The smallest absolute Gasteiger partial charge is 0.262 e. The number of amides is 3. The Balaban J connectivity index is 1.61. The van der Waals surface area contributed by atoms with E-state index >= 15 is 0 Å². The van der Waals surface area contributed by atoms with E-state index < -0.39 is 17.9 Å². The van der Waals surface area contributed by atoms with Crippen LogP contribution >= 0.6 is 0 Å². The second-order valence-electron chi connectivity index (χ2n) is 6.87. The van der Waals surface area contributed by atoms with Crippen molar-refractivity contribution in [2.75, 3.05) is 0 Å². The molecule has 2 unspecified atom stereocenters. The summed E-state index contributed by atoms with van der Waals surface area (Å²) >= 11 is 0. The number of furan rings is 1. The second kappa shape index (κ2) is 6.12. The van der Waals surface area contributed by atoms with Gasteiger partial charge in [0, 0.05) is 6.04 Å². The minimum atomic E-state index is -0.861. The molecule has 1 saturated carbocycles. The number of hydrogen-bond acceptors (Lipinski definition) is 4. The minimum Gasteiger partial charge on any atom is -0.467 e. The van der Waals surface area contributed by atoms with Crippen molar-refractivity contribution in [2.24, 2.45) is 0 Å². The van der Waals surface area contributed by atoms with Crippen LogP contribution in [-0.2, 0) is 4.79 Å². The standard InChI is InChI=1S/C20H20N2O4/c1-12(17-8-5-11-26-17)21(14-9-10-14)18(23)13(2)22-19(24)15-6-3-4-7-16(15)20(22)25/h3-8,11-14H,9-10H2,1-2H3. The van der Waals surface area contributed by atoms with Crippen molar-refractivity contribution < 1.29 is 18.8 Å². The molecule has 1 aromatic carbocycles. The Bertz CT molecular complexity index is 835. The lowest BCUT2D eigenvalue weighted by Gasteiger charge is -2.33. The molecule has 1 aliphatic heterocycles. The van der Waals surface area contributed by atoms with Crippen LogP contribution < -0.4 is 0 Å². The van der Waals surface area contributed by atoms with Crippen LogP contribution in [-0.4, -0.2) is 39.6 Å². The van der Waals surface area contributed by atoms with Gasteiger partial charge in [-0.05, 0) is 51.0 Å². The van der Waals surface area contributed by atoms with Crippen LogP contribution in [0.15, 0.2) is 47.1 Å². The van der Waals surface area contributed by atoms with Gasteiger partial charge in [-0.2, -0.15) is 0 Å². The molecule has 3 amide bonds. The first kappa shape index (κ1) is 16.6. The lowest BCUT2D eigenvalue weighted by molar-refractivity contribution is -0.138. The van der Waals surface area contributed by atoms with Gasteiger partial charge in [0.2, 0.25) is 5.91 Å². The molecule has 134 valence electrons. The molecule has 0 saturated heterocycles. The van der Waals surface area contributed by atoms with E-state index in [-0.39, 0.29) is 18.0 Å². The van der Waals surface area contributed by atoms with Crippen LogP contribution in [0.25, 0.3) is 0 Å². The summed E-state index contributed by atoms with van der Waals surface area (Å²) in [5.41, 5.74) is 0.711. The summed E-state index contributed by atoms with van der Waals surface area (Å²) in [5.74, 6) is -0.355. The zero-order valence-corrected chi connectivity index (χ0v) is 14.7. The minimum absolute atomic E-state index is 0.125. The molecule has 6 nitrogen and oxygen atoms in total. The topological polar surface area (TPSA) is 70.8 Å². The maximum absolute atomic E-state index is 13.2. The fourth-order valence-corrected chi connectivity index (χ4v) is 3.59. The van der Waals surface area contributed by atoms with E-state index in [9.17, 15) is 14.4 Å². The molecule has 1 fully saturated rings. The van der Waals surface area contributed by atoms with Gasteiger partial charge in [-0.25, -0.2) is 0 Å². The Labute approximate surface area is 151 Å². The maximum Gasteiger partial charge on any atom is 0.262 e. The molecule has 4 rings (SSSR count). The molecule has 0 radical (unpaired) electrons. The van der Waals surface area contributed by atoms with Crippen molar-refractivity contribution >= 4 is 17.7 Å². The van der Waals surface area contributed by atoms with Gasteiger partial charge < -0.3 is 9.32 Å². The average molecular weight is 352 g/mol. The second-order valence-corrected chi connectivity index (χ2v) is 6.87. The molecular weight excluding hydrogens is 332 g/mol. The number of benzene rings is 1. The van der Waals surface area contributed by atoms with Crippen LogP contribution in [0.2, 0.25) is 0 Å². The number of nitrogens with zero attached hydrogens (tertiary/aromatic N) is 2. The first-order chi connectivity index (χ1) is 12.5. The molecule has 2 aromatic rings. The van der Waals surface area contributed by atoms with E-state index in [4.69, 9.17) is 4.42 Å². The Morgan fingerprint density at radius 3 is 2.19 bits per heavy atom. The summed E-state index contributed by atoms with van der Waals surface area (Å²) in [7, 11) is 0. The number of fused-ring (bicyclic) bond motifs is 1. The predicted octanol–water partition coefficient (Wildman–Crippen LogP) is 3.02. The normalized spacial score (nSPS) is 18.6. The summed E-state index contributed by atoms with van der Waals surface area (Å²) < 4.78 is 5.46. The summed E-state index contributed by atoms with van der Waals surface area (Å²) in [6.45, 7) is 3.53. The molecule has 2 heterocycles. The molecule has 6 heteroatoms. The summed E-state index contributed by atoms with van der Waals surface area (Å²) in [4.78, 5) is 41.4. The predicted molar refractivity (Wildman–Crippen MR) is 93.4 cm³/mol. The fraction of sp³-hybridized carbons (Fsp3) is 0.350. The van der Waals surface area contributed by atoms with E-state index in [1.165, 1.54) is 0 Å². The number of rotatable bonds is 5. The lowest BCUT2D eigenvalue weighted by atomic mass is 10.1. The van der Waals surface area contributed by atoms with Crippen molar-refractivity contribution in [3.8, 4) is 0 Å². The van der Waals surface area contributed by atoms with Crippen LogP contribution in [0.5, 0.6) is 0 Å². The Morgan fingerprint density at radius 1 is 1.08 bits per heavy atom. The largest absolute Gasteiger partial charge is 0.467 e. The molecule has 0 N–H and O–H groups in total. The molecule has 0 spiro atoms. The van der Waals surface area contributed by atoms with Crippen LogP contribution in [0, 0.1) is 0 Å². The van der Waals surface area contributed by atoms with E-state index in [2.05, 4.69) is 0 Å². The van der Waals surface area contributed by atoms with E-state index in [0.29, 0.717) is 16.9 Å². The van der Waals surface area contributed by atoms with Gasteiger partial charge in [0.15, 0.2) is 0 Å². The van der Waals surface area contributed by atoms with Crippen LogP contribution in [0.3, 0.4) is 0 Å². The van der Waals surface area contributed by atoms with Gasteiger partial charge in [0.05, 0.1) is 23.4 Å². The zero-order valence-electron chi connectivity index (χ0n) is 14.7. The van der Waals surface area contributed by atoms with Crippen LogP contribution in [0.1, 0.15) is 59.2 Å². The number of carbonyl (C=O) groups excluding carboxylic acids is 3. The molecule has 26 heavy (non-hydrogen) atoms. The third-order valence-electron chi connectivity index (χ3n) is 5.14. The number of imide groups is 1. The molecule has 1 aliphatic carbocycles. The summed E-state index contributed by atoms with van der Waals surface area (Å²) in [6.07, 6.45) is 3.42. The van der Waals surface area contributed by atoms with E-state index in [1.54, 1.807) is 48.4 Å². The van der Waals surface area contributed by atoms with Gasteiger partial charge in [-0.1, -0.05) is 12.1 Å². The monoisotopic (exact) mass is 352 g/mol. The highest BCUT2D eigenvalue weighted by Crippen LogP contribution is 2.36. The molecule has 0 bridgehead atoms. The highest BCUT2D eigenvalue weighted by atomic mass is 16.3. The molecular formula is C20H20N2O4. The van der Waals surface area contributed by atoms with Gasteiger partial charge >= 0.3 is 0 Å². The molecule has 2 aliphatic rings. The zero-order chi connectivity index (χ0) is 18.4. The van der Waals surface area contributed by atoms with Gasteiger partial charge in [-0.15, -0.1) is 0 Å².